The van der Waals surface area contributed by atoms with Crippen molar-refractivity contribution in [3.8, 4) is 0 Å². The maximum atomic E-state index is 11.1. The van der Waals surface area contributed by atoms with E-state index < -0.39 is 11.7 Å². The topological polar surface area (TPSA) is 38.3 Å². The van der Waals surface area contributed by atoms with E-state index in [0.717, 1.165) is 5.47 Å². The molecule has 1 N–H and O–H groups in total. The largest absolute Gasteiger partial charge is 0.444 e. The fourth-order valence-corrected chi connectivity index (χ4v) is 0.767. The van der Waals surface area contributed by atoms with Crippen LogP contribution in [-0.4, -0.2) is 26.1 Å². The Morgan fingerprint density at radius 1 is 1.50 bits per heavy atom. The molecule has 0 unspecified atom stereocenters. The molecule has 0 aromatic heterocycles. The SMILES string of the molecule is [B]/C(=C/C)CCNC(=O)OC(C)(C)C. The van der Waals surface area contributed by atoms with E-state index in [4.69, 9.17) is 12.6 Å². The zero-order valence-electron chi connectivity index (χ0n) is 9.39. The summed E-state index contributed by atoms with van der Waals surface area (Å²) in [6.45, 7) is 7.85. The number of nitrogens with one attached hydrogen (secondary N) is 1. The van der Waals surface area contributed by atoms with Crippen LogP contribution in [0.2, 0.25) is 0 Å². The van der Waals surface area contributed by atoms with Gasteiger partial charge in [0.05, 0.1) is 0 Å². The summed E-state index contributed by atoms with van der Waals surface area (Å²) in [6.07, 6.45) is 2.06. The van der Waals surface area contributed by atoms with Gasteiger partial charge in [0.2, 0.25) is 0 Å². The summed E-state index contributed by atoms with van der Waals surface area (Å²) < 4.78 is 5.04. The number of carbonyl (C=O) groups is 1. The summed E-state index contributed by atoms with van der Waals surface area (Å²) in [7, 11) is 5.56. The lowest BCUT2D eigenvalue weighted by atomic mass is 9.92. The van der Waals surface area contributed by atoms with Crippen LogP contribution in [0.15, 0.2) is 11.5 Å². The van der Waals surface area contributed by atoms with Gasteiger partial charge in [-0.25, -0.2) is 4.79 Å². The van der Waals surface area contributed by atoms with Crippen molar-refractivity contribution in [1.82, 2.24) is 5.32 Å². The van der Waals surface area contributed by atoms with Gasteiger partial charge in [0.25, 0.3) is 0 Å². The summed E-state index contributed by atoms with van der Waals surface area (Å²) in [6, 6.07) is 0. The highest BCUT2D eigenvalue weighted by atomic mass is 16.6. The first-order valence-electron chi connectivity index (χ1n) is 4.72. The Hall–Kier alpha value is -0.925. The van der Waals surface area contributed by atoms with Gasteiger partial charge in [-0.2, -0.15) is 0 Å². The van der Waals surface area contributed by atoms with Crippen molar-refractivity contribution in [2.45, 2.75) is 39.7 Å². The maximum absolute atomic E-state index is 11.1. The average molecular weight is 195 g/mol. The Balaban J connectivity index is 3.66. The van der Waals surface area contributed by atoms with E-state index in [0.29, 0.717) is 13.0 Å². The minimum atomic E-state index is -0.448. The van der Waals surface area contributed by atoms with Crippen LogP contribution in [-0.2, 0) is 4.74 Å². The van der Waals surface area contributed by atoms with Gasteiger partial charge >= 0.3 is 6.09 Å². The molecule has 0 aliphatic carbocycles. The smallest absolute Gasteiger partial charge is 0.407 e. The molecule has 0 bridgehead atoms. The lowest BCUT2D eigenvalue weighted by Crippen LogP contribution is -2.33. The predicted octanol–water partition coefficient (Wildman–Crippen LogP) is 1.97. The second kappa shape index (κ2) is 5.73. The number of hydrogen-bond acceptors (Lipinski definition) is 2. The summed E-state index contributed by atoms with van der Waals surface area (Å²) in [5.74, 6) is 0. The average Bonchev–Trinajstić information content (AvgIpc) is 2.00. The van der Waals surface area contributed by atoms with Gasteiger partial charge in [0, 0.05) is 6.54 Å². The van der Waals surface area contributed by atoms with E-state index in [1.54, 1.807) is 0 Å². The highest BCUT2D eigenvalue weighted by Crippen LogP contribution is 2.06. The second-order valence-electron chi connectivity index (χ2n) is 4.04. The van der Waals surface area contributed by atoms with Crippen LogP contribution in [0.1, 0.15) is 34.1 Å². The lowest BCUT2D eigenvalue weighted by molar-refractivity contribution is 0.0529. The predicted molar refractivity (Wildman–Crippen MR) is 58.4 cm³/mol. The van der Waals surface area contributed by atoms with Crippen molar-refractivity contribution >= 4 is 13.9 Å². The standard InChI is InChI=1S/C10H18BNO2/c1-5-8(11)6-7-12-9(13)14-10(2,3)4/h5H,6-7H2,1-4H3,(H,12,13)/b8-5+. The maximum Gasteiger partial charge on any atom is 0.407 e. The lowest BCUT2D eigenvalue weighted by Gasteiger charge is -2.19. The number of carbonyl (C=O) groups excluding carboxylic acids is 1. The van der Waals surface area contributed by atoms with Gasteiger partial charge in [-0.15, -0.1) is 5.47 Å². The Bertz CT molecular complexity index is 219. The van der Waals surface area contributed by atoms with Crippen molar-refractivity contribution in [2.75, 3.05) is 6.54 Å². The molecular formula is C10H18BNO2. The molecule has 0 aliphatic rings. The van der Waals surface area contributed by atoms with Crippen LogP contribution in [0.25, 0.3) is 0 Å². The molecule has 0 heterocycles. The third kappa shape index (κ3) is 7.71. The molecule has 0 spiro atoms. The number of amides is 1. The van der Waals surface area contributed by atoms with Gasteiger partial charge in [-0.3, -0.25) is 0 Å². The second-order valence-corrected chi connectivity index (χ2v) is 4.04. The van der Waals surface area contributed by atoms with E-state index in [2.05, 4.69) is 5.32 Å². The van der Waals surface area contributed by atoms with Crippen LogP contribution in [0.5, 0.6) is 0 Å². The zero-order valence-corrected chi connectivity index (χ0v) is 9.39. The summed E-state index contributed by atoms with van der Waals surface area (Å²) >= 11 is 0. The van der Waals surface area contributed by atoms with Crippen molar-refractivity contribution in [2.24, 2.45) is 0 Å². The third-order valence-corrected chi connectivity index (χ3v) is 1.45. The van der Waals surface area contributed by atoms with Crippen LogP contribution in [0.3, 0.4) is 0 Å². The minimum Gasteiger partial charge on any atom is -0.444 e. The van der Waals surface area contributed by atoms with Crippen LogP contribution < -0.4 is 5.32 Å². The molecule has 2 radical (unpaired) electrons. The summed E-state index contributed by atoms with van der Waals surface area (Å²) in [5, 5.41) is 2.62. The molecule has 0 atom stereocenters. The molecule has 1 amide bonds. The normalized spacial score (nSPS) is 12.4. The number of ether oxygens (including phenoxy) is 1. The highest BCUT2D eigenvalue weighted by Gasteiger charge is 2.15. The molecular weight excluding hydrogens is 177 g/mol. The van der Waals surface area contributed by atoms with E-state index in [9.17, 15) is 4.79 Å². The molecule has 0 saturated carbocycles. The Morgan fingerprint density at radius 3 is 2.50 bits per heavy atom. The molecule has 0 saturated heterocycles. The fraction of sp³-hybridized carbons (Fsp3) is 0.700. The molecule has 0 aliphatic heterocycles. The molecule has 0 rings (SSSR count). The monoisotopic (exact) mass is 195 g/mol. The molecule has 0 fully saturated rings. The van der Waals surface area contributed by atoms with Gasteiger partial charge in [-0.1, -0.05) is 6.08 Å². The quantitative estimate of drug-likeness (QED) is 0.699. The van der Waals surface area contributed by atoms with Gasteiger partial charge in [-0.05, 0) is 34.1 Å². The molecule has 0 aromatic rings. The van der Waals surface area contributed by atoms with Crippen molar-refractivity contribution in [3.05, 3.63) is 11.5 Å². The summed E-state index contributed by atoms with van der Waals surface area (Å²) in [5.41, 5.74) is 0.317. The molecule has 14 heavy (non-hydrogen) atoms. The highest BCUT2D eigenvalue weighted by molar-refractivity contribution is 6.21. The Kier molecular flexibility index (Phi) is 5.35. The van der Waals surface area contributed by atoms with E-state index in [-0.39, 0.29) is 0 Å². The fourth-order valence-electron chi connectivity index (χ4n) is 0.767. The van der Waals surface area contributed by atoms with E-state index in [1.807, 2.05) is 33.8 Å². The Labute approximate surface area is 87.3 Å². The zero-order chi connectivity index (χ0) is 11.2. The van der Waals surface area contributed by atoms with E-state index in [1.165, 1.54) is 0 Å². The molecule has 78 valence electrons. The van der Waals surface area contributed by atoms with Crippen LogP contribution in [0.4, 0.5) is 4.79 Å². The van der Waals surface area contributed by atoms with Crippen molar-refractivity contribution < 1.29 is 9.53 Å². The number of hydrogen-bond donors (Lipinski definition) is 1. The van der Waals surface area contributed by atoms with Crippen LogP contribution in [0, 0.1) is 0 Å². The first-order chi connectivity index (χ1) is 6.35. The number of allylic oxidation sites excluding steroid dienone is 1. The van der Waals surface area contributed by atoms with Gasteiger partial charge in [0.1, 0.15) is 13.4 Å². The minimum absolute atomic E-state index is 0.401. The van der Waals surface area contributed by atoms with Gasteiger partial charge < -0.3 is 10.1 Å². The van der Waals surface area contributed by atoms with Crippen molar-refractivity contribution in [3.63, 3.8) is 0 Å². The Morgan fingerprint density at radius 2 is 2.07 bits per heavy atom. The first kappa shape index (κ1) is 13.1. The number of rotatable bonds is 3. The van der Waals surface area contributed by atoms with Crippen LogP contribution >= 0.6 is 0 Å². The number of alkyl carbamates (subject to hydrolysis) is 1. The molecule has 3 nitrogen and oxygen atoms in total. The van der Waals surface area contributed by atoms with E-state index >= 15 is 0 Å². The molecule has 4 heteroatoms. The van der Waals surface area contributed by atoms with Crippen molar-refractivity contribution in [1.29, 1.82) is 0 Å². The molecule has 0 aromatic carbocycles. The first-order valence-corrected chi connectivity index (χ1v) is 4.72. The summed E-state index contributed by atoms with van der Waals surface area (Å²) in [4.78, 5) is 11.1. The third-order valence-electron chi connectivity index (χ3n) is 1.45. The van der Waals surface area contributed by atoms with Gasteiger partial charge in [0.15, 0.2) is 0 Å².